The fraction of sp³-hybridized carbons (Fsp3) is 0.417. The second kappa shape index (κ2) is 8.74. The zero-order valence-electron chi connectivity index (χ0n) is 20.0. The molecule has 6 rings (SSSR count). The van der Waals surface area contributed by atoms with Crippen LogP contribution in [0.4, 0.5) is 27.6 Å². The van der Waals surface area contributed by atoms with E-state index in [0.717, 1.165) is 6.20 Å². The number of amides is 2. The highest BCUT2D eigenvalue weighted by molar-refractivity contribution is 6.34. The zero-order chi connectivity index (χ0) is 27.9. The third-order valence-electron chi connectivity index (χ3n) is 7.56. The first-order valence-electron chi connectivity index (χ1n) is 12.1. The van der Waals surface area contributed by atoms with Crippen molar-refractivity contribution in [3.8, 4) is 0 Å². The number of benzene rings is 1. The molecule has 1 aliphatic heterocycles. The van der Waals surface area contributed by atoms with Gasteiger partial charge in [0.25, 0.3) is 17.7 Å². The molecule has 2 saturated carbocycles. The van der Waals surface area contributed by atoms with E-state index in [1.165, 1.54) is 18.2 Å². The fourth-order valence-electron chi connectivity index (χ4n) is 5.23. The minimum Gasteiger partial charge on any atom is -0.338 e. The number of anilines is 1. The van der Waals surface area contributed by atoms with Crippen molar-refractivity contribution in [3.63, 3.8) is 0 Å². The van der Waals surface area contributed by atoms with E-state index < -0.39 is 48.0 Å². The molecule has 2 unspecified atom stereocenters. The lowest BCUT2D eigenvalue weighted by molar-refractivity contribution is -0.141. The fourth-order valence-corrected chi connectivity index (χ4v) is 5.49. The molecule has 206 valence electrons. The van der Waals surface area contributed by atoms with Crippen molar-refractivity contribution in [2.24, 2.45) is 17.6 Å². The highest BCUT2D eigenvalue weighted by Crippen LogP contribution is 2.56. The van der Waals surface area contributed by atoms with E-state index >= 15 is 0 Å². The van der Waals surface area contributed by atoms with Crippen molar-refractivity contribution in [1.29, 1.82) is 0 Å². The Morgan fingerprint density at radius 3 is 2.54 bits per heavy atom. The van der Waals surface area contributed by atoms with E-state index in [1.54, 1.807) is 4.90 Å². The van der Waals surface area contributed by atoms with Crippen LogP contribution in [0.2, 0.25) is 5.02 Å². The Balaban J connectivity index is 1.14. The van der Waals surface area contributed by atoms with Crippen LogP contribution in [0, 0.1) is 11.8 Å². The van der Waals surface area contributed by atoms with E-state index in [-0.39, 0.29) is 45.4 Å². The van der Waals surface area contributed by atoms with Gasteiger partial charge in [-0.15, -0.1) is 0 Å². The Hall–Kier alpha value is -3.52. The Morgan fingerprint density at radius 1 is 1.23 bits per heavy atom. The van der Waals surface area contributed by atoms with Crippen LogP contribution in [-0.4, -0.2) is 61.9 Å². The summed E-state index contributed by atoms with van der Waals surface area (Å²) in [5.74, 6) is -5.01. The normalized spacial score (nSPS) is 24.9. The van der Waals surface area contributed by atoms with Crippen molar-refractivity contribution in [2.75, 3.05) is 18.4 Å². The third kappa shape index (κ3) is 4.65. The van der Waals surface area contributed by atoms with Crippen LogP contribution in [0.5, 0.6) is 0 Å². The molecule has 5 N–H and O–H groups in total. The van der Waals surface area contributed by atoms with E-state index in [9.17, 15) is 31.5 Å². The summed E-state index contributed by atoms with van der Waals surface area (Å²) in [6, 6.07) is 4.53. The number of nitrogens with zero attached hydrogens (tertiary/aromatic N) is 3. The van der Waals surface area contributed by atoms with E-state index in [2.05, 4.69) is 25.5 Å². The molecule has 9 nitrogen and oxygen atoms in total. The Bertz CT molecular complexity index is 1470. The number of halogens is 6. The molecule has 0 spiro atoms. The molecule has 2 amide bonds. The maximum absolute atomic E-state index is 13.6. The van der Waals surface area contributed by atoms with Crippen molar-refractivity contribution in [2.45, 2.75) is 36.9 Å². The predicted octanol–water partition coefficient (Wildman–Crippen LogP) is 3.80. The SMILES string of the molecule is NC1C2CN(C(=O)c3ccc(NC(=O)c4ncc(Cc5c(C(F)(F)F)n[nH]c5[C@@H]5CC5(F)F)[nH]4)cc3Cl)CC12. The summed E-state index contributed by atoms with van der Waals surface area (Å²) in [4.78, 5) is 33.7. The molecule has 39 heavy (non-hydrogen) atoms. The molecule has 1 aromatic carbocycles. The van der Waals surface area contributed by atoms with Gasteiger partial charge in [0.2, 0.25) is 0 Å². The maximum Gasteiger partial charge on any atom is 0.435 e. The number of alkyl halides is 5. The quantitative estimate of drug-likeness (QED) is 0.335. The number of aromatic nitrogens is 4. The number of imidazole rings is 1. The lowest BCUT2D eigenvalue weighted by Gasteiger charge is -2.20. The number of likely N-dealkylation sites (tertiary alicyclic amines) is 1. The van der Waals surface area contributed by atoms with Crippen LogP contribution in [-0.2, 0) is 12.6 Å². The summed E-state index contributed by atoms with van der Waals surface area (Å²) >= 11 is 6.31. The second-order valence-electron chi connectivity index (χ2n) is 10.2. The number of H-pyrrole nitrogens is 2. The molecule has 0 bridgehead atoms. The number of nitrogens with one attached hydrogen (secondary N) is 3. The molecule has 15 heteroatoms. The summed E-state index contributed by atoms with van der Waals surface area (Å²) in [6.07, 6.45) is -4.73. The van der Waals surface area contributed by atoms with Gasteiger partial charge in [0.1, 0.15) is 0 Å². The number of hydrogen-bond donors (Lipinski definition) is 4. The van der Waals surface area contributed by atoms with Gasteiger partial charge in [0, 0.05) is 60.8 Å². The van der Waals surface area contributed by atoms with Crippen LogP contribution in [0.15, 0.2) is 24.4 Å². The first-order chi connectivity index (χ1) is 18.3. The number of piperidine rings is 1. The first-order valence-corrected chi connectivity index (χ1v) is 12.4. The molecule has 2 aromatic heterocycles. The number of aromatic amines is 2. The molecule has 3 heterocycles. The second-order valence-corrected chi connectivity index (χ2v) is 10.6. The van der Waals surface area contributed by atoms with Crippen molar-refractivity contribution >= 4 is 29.1 Å². The van der Waals surface area contributed by atoms with E-state index in [0.29, 0.717) is 24.9 Å². The molecule has 1 saturated heterocycles. The van der Waals surface area contributed by atoms with Crippen molar-refractivity contribution in [1.82, 2.24) is 25.1 Å². The lowest BCUT2D eigenvalue weighted by Crippen LogP contribution is -2.34. The van der Waals surface area contributed by atoms with Crippen LogP contribution >= 0.6 is 11.6 Å². The summed E-state index contributed by atoms with van der Waals surface area (Å²) in [5, 5.41) is 8.03. The van der Waals surface area contributed by atoms with E-state index in [1.807, 2.05) is 0 Å². The van der Waals surface area contributed by atoms with Crippen LogP contribution in [0.3, 0.4) is 0 Å². The lowest BCUT2D eigenvalue weighted by atomic mass is 10.0. The minimum absolute atomic E-state index is 0.0969. The molecule has 3 aromatic rings. The maximum atomic E-state index is 13.6. The van der Waals surface area contributed by atoms with E-state index in [4.69, 9.17) is 17.3 Å². The predicted molar refractivity (Wildman–Crippen MR) is 128 cm³/mol. The van der Waals surface area contributed by atoms with Gasteiger partial charge in [-0.05, 0) is 30.0 Å². The number of nitrogens with two attached hydrogens (primary N) is 1. The van der Waals surface area contributed by atoms with Gasteiger partial charge in [-0.1, -0.05) is 11.6 Å². The van der Waals surface area contributed by atoms with Gasteiger partial charge in [0.15, 0.2) is 11.5 Å². The van der Waals surface area contributed by atoms with Crippen LogP contribution < -0.4 is 11.1 Å². The molecule has 3 aliphatic rings. The smallest absolute Gasteiger partial charge is 0.338 e. The van der Waals surface area contributed by atoms with Gasteiger partial charge in [0.05, 0.1) is 16.5 Å². The molecular formula is C24H21ClF5N7O2. The topological polar surface area (TPSA) is 133 Å². The number of hydrogen-bond acceptors (Lipinski definition) is 5. The number of fused-ring (bicyclic) bond motifs is 1. The largest absolute Gasteiger partial charge is 0.435 e. The van der Waals surface area contributed by atoms with Gasteiger partial charge >= 0.3 is 6.18 Å². The summed E-state index contributed by atoms with van der Waals surface area (Å²) in [5.41, 5.74) is 4.55. The van der Waals surface area contributed by atoms with Gasteiger partial charge in [-0.3, -0.25) is 14.7 Å². The van der Waals surface area contributed by atoms with Crippen molar-refractivity contribution in [3.05, 3.63) is 63.5 Å². The molecule has 3 atom stereocenters. The Labute approximate surface area is 222 Å². The van der Waals surface area contributed by atoms with Gasteiger partial charge in [-0.25, -0.2) is 13.8 Å². The molecule has 3 fully saturated rings. The summed E-state index contributed by atoms with van der Waals surface area (Å²) < 4.78 is 67.5. The van der Waals surface area contributed by atoms with Crippen molar-refractivity contribution < 1.29 is 31.5 Å². The zero-order valence-corrected chi connectivity index (χ0v) is 20.7. The number of carbonyl (C=O) groups is 2. The highest BCUT2D eigenvalue weighted by Gasteiger charge is 2.60. The highest BCUT2D eigenvalue weighted by atomic mass is 35.5. The summed E-state index contributed by atoms with van der Waals surface area (Å²) in [6.45, 7) is 1.16. The molecule has 0 radical (unpaired) electrons. The molecule has 2 aliphatic carbocycles. The Kier molecular flexibility index (Phi) is 5.77. The standard InChI is InChI=1S/C24H21ClF5N7O2/c25-16-4-9(1-2-11(16)22(39)37-7-13-14(8-37)17(13)31)34-21(38)20-32-6-10(33-20)3-12-18(15-5-23(15,26)27)35-36-19(12)24(28,29)30/h1-2,4,6,13-15,17H,3,5,7-8,31H2,(H,32,33)(H,34,38)(H,35,36)/t13?,14?,15-,17?/m0/s1. The average molecular weight is 570 g/mol. The monoisotopic (exact) mass is 569 g/mol. The minimum atomic E-state index is -4.86. The number of rotatable bonds is 6. The van der Waals surface area contributed by atoms with Crippen LogP contribution in [0.1, 0.15) is 56.0 Å². The van der Waals surface area contributed by atoms with Crippen LogP contribution in [0.25, 0.3) is 0 Å². The Morgan fingerprint density at radius 2 is 1.92 bits per heavy atom. The average Bonchev–Trinajstić information content (AvgIpc) is 3.37. The summed E-state index contributed by atoms with van der Waals surface area (Å²) in [7, 11) is 0. The third-order valence-corrected chi connectivity index (χ3v) is 7.87. The van der Waals surface area contributed by atoms with Gasteiger partial charge < -0.3 is 20.9 Å². The number of carbonyl (C=O) groups excluding carboxylic acids is 2. The van der Waals surface area contributed by atoms with Gasteiger partial charge in [-0.2, -0.15) is 18.3 Å². The first kappa shape index (κ1) is 25.7. The molecular weight excluding hydrogens is 549 g/mol.